The second-order valence-electron chi connectivity index (χ2n) is 5.81. The molecule has 102 valence electrons. The Morgan fingerprint density at radius 3 is 2.58 bits per heavy atom. The van der Waals surface area contributed by atoms with Crippen LogP contribution < -0.4 is 5.32 Å². The fraction of sp³-hybridized carbons (Fsp3) is 0.467. The number of nitrogens with zero attached hydrogens (tertiary/aromatic N) is 2. The molecular formula is C15H21N3S. The van der Waals surface area contributed by atoms with Gasteiger partial charge in [0.2, 0.25) is 0 Å². The molecule has 3 nitrogen and oxygen atoms in total. The van der Waals surface area contributed by atoms with Crippen molar-refractivity contribution in [1.82, 2.24) is 15.3 Å². The molecule has 0 amide bonds. The lowest BCUT2D eigenvalue weighted by Gasteiger charge is -2.13. The van der Waals surface area contributed by atoms with E-state index in [1.54, 1.807) is 11.3 Å². The van der Waals surface area contributed by atoms with Gasteiger partial charge in [0.05, 0.1) is 10.7 Å². The Labute approximate surface area is 119 Å². The maximum Gasteiger partial charge on any atom is 0.0982 e. The number of hydrogen-bond acceptors (Lipinski definition) is 4. The van der Waals surface area contributed by atoms with Crippen LogP contribution in [0, 0.1) is 6.92 Å². The van der Waals surface area contributed by atoms with Crippen molar-refractivity contribution >= 4 is 11.3 Å². The summed E-state index contributed by atoms with van der Waals surface area (Å²) in [6.07, 6.45) is 1.92. The summed E-state index contributed by atoms with van der Waals surface area (Å²) in [4.78, 5) is 8.95. The quantitative estimate of drug-likeness (QED) is 0.929. The summed E-state index contributed by atoms with van der Waals surface area (Å²) in [6.45, 7) is 10.2. The van der Waals surface area contributed by atoms with Gasteiger partial charge in [0, 0.05) is 35.8 Å². The molecule has 0 aromatic carbocycles. The van der Waals surface area contributed by atoms with Gasteiger partial charge < -0.3 is 5.32 Å². The molecule has 0 atom stereocenters. The maximum absolute atomic E-state index is 4.67. The smallest absolute Gasteiger partial charge is 0.0982 e. The van der Waals surface area contributed by atoms with Crippen LogP contribution in [-0.2, 0) is 18.5 Å². The average Bonchev–Trinajstić information content (AvgIpc) is 2.80. The molecule has 2 aromatic rings. The third kappa shape index (κ3) is 4.11. The van der Waals surface area contributed by atoms with E-state index in [9.17, 15) is 0 Å². The van der Waals surface area contributed by atoms with E-state index in [-0.39, 0.29) is 5.41 Å². The van der Waals surface area contributed by atoms with Crippen molar-refractivity contribution in [3.8, 4) is 0 Å². The lowest BCUT2D eigenvalue weighted by Crippen LogP contribution is -2.14. The molecule has 0 unspecified atom stereocenters. The zero-order chi connectivity index (χ0) is 13.9. The van der Waals surface area contributed by atoms with Crippen LogP contribution in [-0.4, -0.2) is 9.97 Å². The van der Waals surface area contributed by atoms with Crippen LogP contribution in [0.25, 0.3) is 0 Å². The molecular weight excluding hydrogens is 254 g/mol. The molecule has 0 aliphatic rings. The molecule has 0 aliphatic carbocycles. The summed E-state index contributed by atoms with van der Waals surface area (Å²) in [5, 5.41) is 6.74. The number of rotatable bonds is 4. The Hall–Kier alpha value is -1.26. The predicted molar refractivity (Wildman–Crippen MR) is 80.3 cm³/mol. The highest BCUT2D eigenvalue weighted by Crippen LogP contribution is 2.25. The van der Waals surface area contributed by atoms with Crippen LogP contribution >= 0.6 is 11.3 Å². The number of pyridine rings is 1. The Morgan fingerprint density at radius 2 is 2.00 bits per heavy atom. The third-order valence-corrected chi connectivity index (χ3v) is 4.12. The minimum Gasteiger partial charge on any atom is -0.307 e. The predicted octanol–water partition coefficient (Wildman–Crippen LogP) is 3.43. The number of aryl methyl sites for hydroxylation is 1. The molecule has 2 aromatic heterocycles. The summed E-state index contributed by atoms with van der Waals surface area (Å²) < 4.78 is 0. The standard InChI is InChI=1S/C15H21N3S/c1-11-5-6-12(8-17-11)7-16-9-13-10-19-14(18-13)15(2,3)4/h5-6,8,10,16H,7,9H2,1-4H3. The molecule has 0 aliphatic heterocycles. The van der Waals surface area contributed by atoms with Gasteiger partial charge in [0.1, 0.15) is 0 Å². The van der Waals surface area contributed by atoms with Crippen molar-refractivity contribution in [3.63, 3.8) is 0 Å². The van der Waals surface area contributed by atoms with E-state index in [4.69, 9.17) is 0 Å². The Kier molecular flexibility index (Phi) is 4.32. The zero-order valence-electron chi connectivity index (χ0n) is 12.0. The fourth-order valence-electron chi connectivity index (χ4n) is 1.67. The monoisotopic (exact) mass is 275 g/mol. The number of nitrogens with one attached hydrogen (secondary N) is 1. The normalized spacial score (nSPS) is 11.8. The van der Waals surface area contributed by atoms with E-state index in [0.717, 1.165) is 24.5 Å². The molecule has 2 heterocycles. The van der Waals surface area contributed by atoms with Crippen molar-refractivity contribution in [2.45, 2.75) is 46.2 Å². The van der Waals surface area contributed by atoms with Crippen LogP contribution in [0.2, 0.25) is 0 Å². The van der Waals surface area contributed by atoms with Crippen molar-refractivity contribution in [1.29, 1.82) is 0 Å². The Balaban J connectivity index is 1.86. The number of hydrogen-bond donors (Lipinski definition) is 1. The van der Waals surface area contributed by atoms with E-state index < -0.39 is 0 Å². The minimum absolute atomic E-state index is 0.143. The highest BCUT2D eigenvalue weighted by molar-refractivity contribution is 7.09. The van der Waals surface area contributed by atoms with Gasteiger partial charge in [-0.2, -0.15) is 0 Å². The minimum atomic E-state index is 0.143. The van der Waals surface area contributed by atoms with Crippen molar-refractivity contribution in [2.24, 2.45) is 0 Å². The Bertz CT molecular complexity index is 523. The molecule has 2 rings (SSSR count). The molecule has 19 heavy (non-hydrogen) atoms. The van der Waals surface area contributed by atoms with Crippen LogP contribution in [0.15, 0.2) is 23.7 Å². The van der Waals surface area contributed by atoms with Crippen molar-refractivity contribution in [3.05, 3.63) is 45.7 Å². The SMILES string of the molecule is Cc1ccc(CNCc2csc(C(C)(C)C)n2)cn1. The molecule has 4 heteroatoms. The summed E-state index contributed by atoms with van der Waals surface area (Å²) in [5.74, 6) is 0. The van der Waals surface area contributed by atoms with Crippen LogP contribution in [0.4, 0.5) is 0 Å². The van der Waals surface area contributed by atoms with Crippen molar-refractivity contribution in [2.75, 3.05) is 0 Å². The summed E-state index contributed by atoms with van der Waals surface area (Å²) in [7, 11) is 0. The highest BCUT2D eigenvalue weighted by atomic mass is 32.1. The average molecular weight is 275 g/mol. The van der Waals surface area contributed by atoms with Gasteiger partial charge in [0.15, 0.2) is 0 Å². The second kappa shape index (κ2) is 5.80. The summed E-state index contributed by atoms with van der Waals surface area (Å²) >= 11 is 1.74. The maximum atomic E-state index is 4.67. The molecule has 0 bridgehead atoms. The third-order valence-electron chi connectivity index (χ3n) is 2.80. The van der Waals surface area contributed by atoms with Gasteiger partial charge in [-0.3, -0.25) is 4.98 Å². The summed E-state index contributed by atoms with van der Waals surface area (Å²) in [6, 6.07) is 4.15. The Morgan fingerprint density at radius 1 is 1.21 bits per heavy atom. The van der Waals surface area contributed by atoms with Crippen molar-refractivity contribution < 1.29 is 0 Å². The van der Waals surface area contributed by atoms with Crippen LogP contribution in [0.1, 0.15) is 42.7 Å². The highest BCUT2D eigenvalue weighted by Gasteiger charge is 2.17. The van der Waals surface area contributed by atoms with E-state index in [0.29, 0.717) is 0 Å². The molecule has 0 radical (unpaired) electrons. The van der Waals surface area contributed by atoms with Crippen LogP contribution in [0.3, 0.4) is 0 Å². The first-order valence-corrected chi connectivity index (χ1v) is 7.40. The molecule has 0 spiro atoms. The van der Waals surface area contributed by atoms with Gasteiger partial charge in [0.25, 0.3) is 0 Å². The topological polar surface area (TPSA) is 37.8 Å². The van der Waals surface area contributed by atoms with Crippen LogP contribution in [0.5, 0.6) is 0 Å². The largest absolute Gasteiger partial charge is 0.307 e. The van der Waals surface area contributed by atoms with Gasteiger partial charge in [-0.1, -0.05) is 26.8 Å². The molecule has 1 N–H and O–H groups in total. The van der Waals surface area contributed by atoms with E-state index in [1.807, 2.05) is 19.2 Å². The molecule has 0 saturated carbocycles. The fourth-order valence-corrected chi connectivity index (χ4v) is 2.58. The number of aromatic nitrogens is 2. The van der Waals surface area contributed by atoms with E-state index in [1.165, 1.54) is 10.6 Å². The first kappa shape index (κ1) is 14.2. The zero-order valence-corrected chi connectivity index (χ0v) is 12.8. The van der Waals surface area contributed by atoms with Gasteiger partial charge in [-0.15, -0.1) is 11.3 Å². The van der Waals surface area contributed by atoms with E-state index in [2.05, 4.69) is 47.5 Å². The van der Waals surface area contributed by atoms with Gasteiger partial charge >= 0.3 is 0 Å². The first-order chi connectivity index (χ1) is 8.95. The number of thiazole rings is 1. The van der Waals surface area contributed by atoms with E-state index >= 15 is 0 Å². The van der Waals surface area contributed by atoms with Gasteiger partial charge in [-0.05, 0) is 18.6 Å². The summed E-state index contributed by atoms with van der Waals surface area (Å²) in [5.41, 5.74) is 3.52. The molecule has 0 fully saturated rings. The van der Waals surface area contributed by atoms with Gasteiger partial charge in [-0.25, -0.2) is 4.98 Å². The molecule has 0 saturated heterocycles. The first-order valence-electron chi connectivity index (χ1n) is 6.52. The lowest BCUT2D eigenvalue weighted by atomic mass is 9.98. The lowest BCUT2D eigenvalue weighted by molar-refractivity contribution is 0.579. The second-order valence-corrected chi connectivity index (χ2v) is 6.66.